The Hall–Kier alpha value is -3.10. The van der Waals surface area contributed by atoms with E-state index >= 15 is 0 Å². The second-order valence-corrected chi connectivity index (χ2v) is 6.30. The second-order valence-electron chi connectivity index (χ2n) is 6.30. The largest absolute Gasteiger partial charge is 0.461 e. The van der Waals surface area contributed by atoms with E-state index in [0.717, 1.165) is 0 Å². The predicted octanol–water partition coefficient (Wildman–Crippen LogP) is 5.14. The molecule has 0 unspecified atom stereocenters. The van der Waals surface area contributed by atoms with Gasteiger partial charge in [0.15, 0.2) is 6.61 Å². The molecule has 0 amide bonds. The summed E-state index contributed by atoms with van der Waals surface area (Å²) < 4.78 is 64.1. The molecule has 30 heavy (non-hydrogen) atoms. The zero-order valence-corrected chi connectivity index (χ0v) is 15.9. The molecular weight excluding hydrogens is 408 g/mol. The van der Waals surface area contributed by atoms with Crippen LogP contribution in [-0.4, -0.2) is 30.9 Å². The first-order valence-corrected chi connectivity index (χ1v) is 9.05. The van der Waals surface area contributed by atoms with Gasteiger partial charge in [-0.15, -0.1) is 0 Å². The fraction of sp³-hybridized carbons (Fsp3) is 0.333. The lowest BCUT2D eigenvalue weighted by molar-refractivity contribution is -0.179. The van der Waals surface area contributed by atoms with Crippen LogP contribution in [0.15, 0.2) is 54.6 Å². The minimum atomic E-state index is -4.40. The molecule has 0 aliphatic heterocycles. The SMILES string of the molecule is O=C(CCCC(=O)OCC(F)(F)C(F)F)OCc1cccc(Oc2ccccc2)c1. The monoisotopic (exact) mass is 428 g/mol. The van der Waals surface area contributed by atoms with Gasteiger partial charge in [0.1, 0.15) is 18.1 Å². The topological polar surface area (TPSA) is 61.8 Å². The lowest BCUT2D eigenvalue weighted by atomic mass is 10.2. The van der Waals surface area contributed by atoms with Crippen molar-refractivity contribution < 1.29 is 41.4 Å². The molecule has 162 valence electrons. The van der Waals surface area contributed by atoms with Gasteiger partial charge in [-0.25, -0.2) is 8.78 Å². The Morgan fingerprint density at radius 3 is 2.17 bits per heavy atom. The Labute approximate surface area is 170 Å². The second kappa shape index (κ2) is 11.2. The van der Waals surface area contributed by atoms with Gasteiger partial charge in [0.25, 0.3) is 0 Å². The number of hydrogen-bond acceptors (Lipinski definition) is 5. The highest BCUT2D eigenvalue weighted by atomic mass is 19.3. The minimum absolute atomic E-state index is 0.0180. The van der Waals surface area contributed by atoms with Crippen LogP contribution in [0.4, 0.5) is 17.6 Å². The fourth-order valence-electron chi connectivity index (χ4n) is 2.25. The van der Waals surface area contributed by atoms with Gasteiger partial charge in [-0.3, -0.25) is 9.59 Å². The normalized spacial score (nSPS) is 11.2. The van der Waals surface area contributed by atoms with E-state index in [4.69, 9.17) is 9.47 Å². The van der Waals surface area contributed by atoms with E-state index in [1.165, 1.54) is 0 Å². The van der Waals surface area contributed by atoms with Gasteiger partial charge in [-0.1, -0.05) is 30.3 Å². The Kier molecular flexibility index (Phi) is 8.64. The average Bonchev–Trinajstić information content (AvgIpc) is 2.72. The summed E-state index contributed by atoms with van der Waals surface area (Å²) in [4.78, 5) is 23.0. The molecule has 0 N–H and O–H groups in total. The number of ether oxygens (including phenoxy) is 3. The highest BCUT2D eigenvalue weighted by molar-refractivity contribution is 5.72. The number of carbonyl (C=O) groups is 2. The lowest BCUT2D eigenvalue weighted by Crippen LogP contribution is -2.33. The van der Waals surface area contributed by atoms with Crippen molar-refractivity contribution >= 4 is 11.9 Å². The summed E-state index contributed by atoms with van der Waals surface area (Å²) in [6.07, 6.45) is -4.46. The van der Waals surface area contributed by atoms with Crippen molar-refractivity contribution in [1.29, 1.82) is 0 Å². The molecule has 2 aromatic rings. The van der Waals surface area contributed by atoms with Gasteiger partial charge in [0.05, 0.1) is 0 Å². The van der Waals surface area contributed by atoms with Crippen LogP contribution in [0.3, 0.4) is 0 Å². The first-order valence-electron chi connectivity index (χ1n) is 9.05. The molecule has 5 nitrogen and oxygen atoms in total. The third-order valence-electron chi connectivity index (χ3n) is 3.78. The smallest absolute Gasteiger partial charge is 0.340 e. The maximum Gasteiger partial charge on any atom is 0.340 e. The van der Waals surface area contributed by atoms with Crippen LogP contribution >= 0.6 is 0 Å². The van der Waals surface area contributed by atoms with E-state index in [1.807, 2.05) is 18.2 Å². The third-order valence-corrected chi connectivity index (χ3v) is 3.78. The zero-order chi connectivity index (χ0) is 22.0. The van der Waals surface area contributed by atoms with E-state index in [1.54, 1.807) is 36.4 Å². The molecule has 0 radical (unpaired) electrons. The van der Waals surface area contributed by atoms with Crippen molar-refractivity contribution in [2.24, 2.45) is 0 Å². The summed E-state index contributed by atoms with van der Waals surface area (Å²) in [5.41, 5.74) is 0.686. The molecule has 0 fully saturated rings. The van der Waals surface area contributed by atoms with Gasteiger partial charge in [-0.2, -0.15) is 8.78 Å². The molecule has 0 saturated carbocycles. The fourth-order valence-corrected chi connectivity index (χ4v) is 2.25. The third kappa shape index (κ3) is 8.10. The Balaban J connectivity index is 1.68. The summed E-state index contributed by atoms with van der Waals surface area (Å²) in [6, 6.07) is 16.1. The molecule has 0 aliphatic carbocycles. The summed E-state index contributed by atoms with van der Waals surface area (Å²) in [7, 11) is 0. The number of halogens is 4. The molecule has 0 atom stereocenters. The van der Waals surface area contributed by atoms with Crippen molar-refractivity contribution in [3.63, 3.8) is 0 Å². The highest BCUT2D eigenvalue weighted by Gasteiger charge is 2.42. The number of hydrogen-bond donors (Lipinski definition) is 0. The van der Waals surface area contributed by atoms with Crippen molar-refractivity contribution in [2.75, 3.05) is 6.61 Å². The Morgan fingerprint density at radius 1 is 0.867 bits per heavy atom. The molecule has 2 rings (SSSR count). The maximum absolute atomic E-state index is 12.7. The molecule has 0 aromatic heterocycles. The molecule has 2 aromatic carbocycles. The van der Waals surface area contributed by atoms with Gasteiger partial charge in [0, 0.05) is 12.8 Å². The van der Waals surface area contributed by atoms with Crippen LogP contribution < -0.4 is 4.74 Å². The number of benzene rings is 2. The Bertz CT molecular complexity index is 827. The average molecular weight is 428 g/mol. The van der Waals surface area contributed by atoms with E-state index < -0.39 is 30.9 Å². The summed E-state index contributed by atoms with van der Waals surface area (Å²) in [5, 5.41) is 0. The Morgan fingerprint density at radius 2 is 1.50 bits per heavy atom. The molecule has 9 heteroatoms. The summed E-state index contributed by atoms with van der Waals surface area (Å²) >= 11 is 0. The maximum atomic E-state index is 12.7. The number of alkyl halides is 4. The molecule has 0 spiro atoms. The highest BCUT2D eigenvalue weighted by Crippen LogP contribution is 2.23. The van der Waals surface area contributed by atoms with E-state index in [2.05, 4.69) is 4.74 Å². The van der Waals surface area contributed by atoms with Crippen LogP contribution in [0, 0.1) is 0 Å². The van der Waals surface area contributed by atoms with Crippen molar-refractivity contribution in [3.8, 4) is 11.5 Å². The van der Waals surface area contributed by atoms with E-state index in [0.29, 0.717) is 17.1 Å². The van der Waals surface area contributed by atoms with Gasteiger partial charge < -0.3 is 14.2 Å². The van der Waals surface area contributed by atoms with Gasteiger partial charge in [-0.05, 0) is 36.2 Å². The van der Waals surface area contributed by atoms with Crippen molar-refractivity contribution in [1.82, 2.24) is 0 Å². The molecule has 0 saturated heterocycles. The predicted molar refractivity (Wildman–Crippen MR) is 98.5 cm³/mol. The molecule has 0 bridgehead atoms. The standard InChI is InChI=1S/C21H20F4O5/c22-20(23)21(24,25)14-29-19(27)11-5-10-18(26)28-13-15-6-4-9-17(12-15)30-16-7-2-1-3-8-16/h1-4,6-9,12,20H,5,10-11,13-14H2. The molecule has 0 aliphatic rings. The number of carbonyl (C=O) groups excluding carboxylic acids is 2. The summed E-state index contributed by atoms with van der Waals surface area (Å²) in [6.45, 7) is -1.72. The van der Waals surface area contributed by atoms with Crippen molar-refractivity contribution in [2.45, 2.75) is 38.2 Å². The van der Waals surface area contributed by atoms with Crippen LogP contribution in [0.25, 0.3) is 0 Å². The molecule has 0 heterocycles. The van der Waals surface area contributed by atoms with Gasteiger partial charge in [0.2, 0.25) is 0 Å². The quantitative estimate of drug-likeness (QED) is 0.367. The van der Waals surface area contributed by atoms with E-state index in [9.17, 15) is 27.2 Å². The first kappa shape index (κ1) is 23.2. The number of rotatable bonds is 11. The lowest BCUT2D eigenvalue weighted by Gasteiger charge is -2.14. The molecular formula is C21H20F4O5. The minimum Gasteiger partial charge on any atom is -0.461 e. The van der Waals surface area contributed by atoms with Crippen LogP contribution in [0.1, 0.15) is 24.8 Å². The van der Waals surface area contributed by atoms with Crippen LogP contribution in [-0.2, 0) is 25.7 Å². The number of para-hydroxylation sites is 1. The van der Waals surface area contributed by atoms with Gasteiger partial charge >= 0.3 is 24.3 Å². The number of esters is 2. The van der Waals surface area contributed by atoms with Crippen molar-refractivity contribution in [3.05, 3.63) is 60.2 Å². The first-order chi connectivity index (χ1) is 14.3. The van der Waals surface area contributed by atoms with E-state index in [-0.39, 0.29) is 25.9 Å². The van der Waals surface area contributed by atoms with Crippen LogP contribution in [0.5, 0.6) is 11.5 Å². The zero-order valence-electron chi connectivity index (χ0n) is 15.9. The van der Waals surface area contributed by atoms with Crippen LogP contribution in [0.2, 0.25) is 0 Å². The summed E-state index contributed by atoms with van der Waals surface area (Å²) in [5.74, 6) is -4.86.